The first-order valence-corrected chi connectivity index (χ1v) is 5.70. The monoisotopic (exact) mass is 220 g/mol. The van der Waals surface area contributed by atoms with Gasteiger partial charge in [-0.15, -0.1) is 0 Å². The lowest BCUT2D eigenvalue weighted by Gasteiger charge is -2.22. The highest BCUT2D eigenvalue weighted by atomic mass is 15.2. The van der Waals surface area contributed by atoms with E-state index >= 15 is 0 Å². The van der Waals surface area contributed by atoms with Gasteiger partial charge in [0.1, 0.15) is 0 Å². The van der Waals surface area contributed by atoms with Gasteiger partial charge in [-0.3, -0.25) is 4.98 Å². The Morgan fingerprint density at radius 2 is 2.12 bits per heavy atom. The van der Waals surface area contributed by atoms with Crippen LogP contribution >= 0.6 is 0 Å². The molecule has 4 heteroatoms. The summed E-state index contributed by atoms with van der Waals surface area (Å²) in [5.74, 6) is 0.677. The van der Waals surface area contributed by atoms with E-state index in [1.165, 1.54) is 0 Å². The van der Waals surface area contributed by atoms with Crippen LogP contribution in [-0.4, -0.2) is 43.1 Å². The molecule has 0 spiro atoms. The molecule has 2 atom stereocenters. The standard InChI is InChI=1S/C12H20N4/c1-9-7-16(8-12(9)15(2)3)11-4-10(13)5-14-6-11/h4-6,9,12H,7-8,13H2,1-3H3. The third-order valence-corrected chi connectivity index (χ3v) is 3.35. The number of anilines is 2. The highest BCUT2D eigenvalue weighted by Crippen LogP contribution is 2.26. The van der Waals surface area contributed by atoms with Gasteiger partial charge in [0.2, 0.25) is 0 Å². The average molecular weight is 220 g/mol. The Balaban J connectivity index is 2.13. The molecule has 88 valence electrons. The minimum Gasteiger partial charge on any atom is -0.397 e. The van der Waals surface area contributed by atoms with Crippen LogP contribution in [0.1, 0.15) is 6.92 Å². The van der Waals surface area contributed by atoms with Crippen molar-refractivity contribution in [2.45, 2.75) is 13.0 Å². The van der Waals surface area contributed by atoms with Gasteiger partial charge in [0.15, 0.2) is 0 Å². The Morgan fingerprint density at radius 3 is 2.69 bits per heavy atom. The second-order valence-corrected chi connectivity index (χ2v) is 4.89. The van der Waals surface area contributed by atoms with E-state index in [-0.39, 0.29) is 0 Å². The molecule has 0 saturated carbocycles. The van der Waals surface area contributed by atoms with Crippen molar-refractivity contribution in [3.63, 3.8) is 0 Å². The number of pyridine rings is 1. The van der Waals surface area contributed by atoms with Gasteiger partial charge in [-0.1, -0.05) is 6.92 Å². The zero-order valence-electron chi connectivity index (χ0n) is 10.2. The molecule has 1 aromatic rings. The summed E-state index contributed by atoms with van der Waals surface area (Å²) in [5, 5.41) is 0. The first kappa shape index (κ1) is 11.2. The summed E-state index contributed by atoms with van der Waals surface area (Å²) in [7, 11) is 4.28. The molecule has 2 rings (SSSR count). The zero-order valence-corrected chi connectivity index (χ0v) is 10.2. The second kappa shape index (κ2) is 4.29. The number of nitrogen functional groups attached to an aromatic ring is 1. The molecule has 1 aromatic heterocycles. The molecule has 1 saturated heterocycles. The summed E-state index contributed by atoms with van der Waals surface area (Å²) >= 11 is 0. The normalized spacial score (nSPS) is 25.4. The lowest BCUT2D eigenvalue weighted by Crippen LogP contribution is -2.34. The molecular formula is C12H20N4. The number of nitrogens with two attached hydrogens (primary N) is 1. The van der Waals surface area contributed by atoms with Gasteiger partial charge in [-0.2, -0.15) is 0 Å². The van der Waals surface area contributed by atoms with E-state index < -0.39 is 0 Å². The summed E-state index contributed by atoms with van der Waals surface area (Å²) in [4.78, 5) is 8.80. The molecule has 1 aliphatic heterocycles. The largest absolute Gasteiger partial charge is 0.397 e. The van der Waals surface area contributed by atoms with E-state index in [0.29, 0.717) is 12.0 Å². The molecule has 0 amide bonds. The van der Waals surface area contributed by atoms with Crippen LogP contribution in [0.4, 0.5) is 11.4 Å². The summed E-state index contributed by atoms with van der Waals surface area (Å²) in [6.45, 7) is 4.43. The number of nitrogens with zero attached hydrogens (tertiary/aromatic N) is 3. The Kier molecular flexibility index (Phi) is 3.01. The Labute approximate surface area is 97.1 Å². The maximum Gasteiger partial charge on any atom is 0.0574 e. The molecule has 1 fully saturated rings. The van der Waals surface area contributed by atoms with E-state index in [4.69, 9.17) is 5.73 Å². The first-order valence-electron chi connectivity index (χ1n) is 5.70. The molecule has 0 bridgehead atoms. The predicted molar refractivity (Wildman–Crippen MR) is 67.5 cm³/mol. The van der Waals surface area contributed by atoms with Crippen LogP contribution < -0.4 is 10.6 Å². The van der Waals surface area contributed by atoms with Crippen molar-refractivity contribution in [3.05, 3.63) is 18.5 Å². The van der Waals surface area contributed by atoms with Crippen molar-refractivity contribution in [3.8, 4) is 0 Å². The van der Waals surface area contributed by atoms with E-state index in [0.717, 1.165) is 24.5 Å². The van der Waals surface area contributed by atoms with Gasteiger partial charge < -0.3 is 15.5 Å². The maximum absolute atomic E-state index is 5.76. The maximum atomic E-state index is 5.76. The lowest BCUT2D eigenvalue weighted by atomic mass is 10.1. The molecule has 0 aliphatic carbocycles. The minimum absolute atomic E-state index is 0.612. The summed E-state index contributed by atoms with van der Waals surface area (Å²) in [5.41, 5.74) is 7.63. The fourth-order valence-corrected chi connectivity index (χ4v) is 2.45. The van der Waals surface area contributed by atoms with Gasteiger partial charge >= 0.3 is 0 Å². The van der Waals surface area contributed by atoms with Crippen LogP contribution in [0, 0.1) is 5.92 Å². The van der Waals surface area contributed by atoms with Crippen molar-refractivity contribution >= 4 is 11.4 Å². The number of aromatic nitrogens is 1. The molecule has 2 N–H and O–H groups in total. The van der Waals surface area contributed by atoms with Crippen LogP contribution in [0.5, 0.6) is 0 Å². The fraction of sp³-hybridized carbons (Fsp3) is 0.583. The van der Waals surface area contributed by atoms with Gasteiger partial charge in [0, 0.05) is 25.3 Å². The minimum atomic E-state index is 0.612. The molecule has 2 heterocycles. The van der Waals surface area contributed by atoms with Crippen molar-refractivity contribution in [1.29, 1.82) is 0 Å². The van der Waals surface area contributed by atoms with Crippen molar-refractivity contribution in [2.75, 3.05) is 37.8 Å². The Bertz CT molecular complexity index is 364. The molecule has 16 heavy (non-hydrogen) atoms. The topological polar surface area (TPSA) is 45.4 Å². The van der Waals surface area contributed by atoms with Crippen LogP contribution in [0.2, 0.25) is 0 Å². The number of hydrogen-bond donors (Lipinski definition) is 1. The van der Waals surface area contributed by atoms with Crippen molar-refractivity contribution < 1.29 is 0 Å². The SMILES string of the molecule is CC1CN(c2cncc(N)c2)CC1N(C)C. The highest BCUT2D eigenvalue weighted by molar-refractivity contribution is 5.54. The number of rotatable bonds is 2. The smallest absolute Gasteiger partial charge is 0.0574 e. The van der Waals surface area contributed by atoms with Crippen LogP contribution in [0.15, 0.2) is 18.5 Å². The van der Waals surface area contributed by atoms with E-state index in [2.05, 4.69) is 35.8 Å². The predicted octanol–water partition coefficient (Wildman–Crippen LogP) is 1.05. The molecule has 0 aromatic carbocycles. The molecular weight excluding hydrogens is 200 g/mol. The van der Waals surface area contributed by atoms with Crippen molar-refractivity contribution in [1.82, 2.24) is 9.88 Å². The molecule has 0 radical (unpaired) electrons. The summed E-state index contributed by atoms with van der Waals surface area (Å²) < 4.78 is 0. The first-order chi connectivity index (χ1) is 7.58. The van der Waals surface area contributed by atoms with Gasteiger partial charge in [-0.25, -0.2) is 0 Å². The zero-order chi connectivity index (χ0) is 11.7. The average Bonchev–Trinajstić information content (AvgIpc) is 2.60. The van der Waals surface area contributed by atoms with Gasteiger partial charge in [0.05, 0.1) is 17.6 Å². The summed E-state index contributed by atoms with van der Waals surface area (Å²) in [6, 6.07) is 2.61. The lowest BCUT2D eigenvalue weighted by molar-refractivity contribution is 0.266. The Morgan fingerprint density at radius 1 is 1.38 bits per heavy atom. The van der Waals surface area contributed by atoms with Crippen LogP contribution in [0.25, 0.3) is 0 Å². The number of hydrogen-bond acceptors (Lipinski definition) is 4. The van der Waals surface area contributed by atoms with Gasteiger partial charge in [0.25, 0.3) is 0 Å². The number of likely N-dealkylation sites (N-methyl/N-ethyl adjacent to an activating group) is 1. The van der Waals surface area contributed by atoms with E-state index in [1.807, 2.05) is 12.3 Å². The second-order valence-electron chi connectivity index (χ2n) is 4.89. The quantitative estimate of drug-likeness (QED) is 0.809. The fourth-order valence-electron chi connectivity index (χ4n) is 2.45. The van der Waals surface area contributed by atoms with E-state index in [1.54, 1.807) is 6.20 Å². The molecule has 4 nitrogen and oxygen atoms in total. The highest BCUT2D eigenvalue weighted by Gasteiger charge is 2.31. The van der Waals surface area contributed by atoms with Crippen molar-refractivity contribution in [2.24, 2.45) is 5.92 Å². The van der Waals surface area contributed by atoms with Crippen LogP contribution in [-0.2, 0) is 0 Å². The summed E-state index contributed by atoms with van der Waals surface area (Å²) in [6.07, 6.45) is 3.58. The molecule has 2 unspecified atom stereocenters. The third kappa shape index (κ3) is 2.11. The van der Waals surface area contributed by atoms with Crippen LogP contribution in [0.3, 0.4) is 0 Å². The third-order valence-electron chi connectivity index (χ3n) is 3.35. The Hall–Kier alpha value is -1.29. The molecule has 1 aliphatic rings. The van der Waals surface area contributed by atoms with E-state index in [9.17, 15) is 0 Å². The van der Waals surface area contributed by atoms with Gasteiger partial charge in [-0.05, 0) is 26.1 Å².